The molecule has 0 aromatic heterocycles. The molecule has 1 aromatic carbocycles. The molecule has 4 amide bonds. The van der Waals surface area contributed by atoms with Gasteiger partial charge in [0.2, 0.25) is 5.91 Å². The number of urea groups is 1. The smallest absolute Gasteiger partial charge is 0.322 e. The van der Waals surface area contributed by atoms with Crippen LogP contribution in [0, 0.1) is 10.1 Å². The normalized spacial score (nSPS) is 21.3. The van der Waals surface area contributed by atoms with Gasteiger partial charge in [-0.3, -0.25) is 24.6 Å². The molecular formula is C20H23N5O6. The van der Waals surface area contributed by atoms with Crippen LogP contribution in [0.3, 0.4) is 0 Å². The fourth-order valence-electron chi connectivity index (χ4n) is 4.15. The van der Waals surface area contributed by atoms with Gasteiger partial charge in [-0.2, -0.15) is 0 Å². The zero-order valence-electron chi connectivity index (χ0n) is 17.1. The van der Waals surface area contributed by atoms with Gasteiger partial charge in [-0.15, -0.1) is 0 Å². The number of likely N-dealkylation sites (N-methyl/N-ethyl adjacent to an activating group) is 1. The maximum atomic E-state index is 13.3. The average Bonchev–Trinajstić information content (AvgIpc) is 3.09. The first kappa shape index (κ1) is 20.8. The molecule has 4 rings (SSSR count). The number of nitrogens with zero attached hydrogens (tertiary/aromatic N) is 4. The van der Waals surface area contributed by atoms with Crippen molar-refractivity contribution in [1.82, 2.24) is 20.0 Å². The monoisotopic (exact) mass is 429 g/mol. The Morgan fingerprint density at radius 2 is 2.03 bits per heavy atom. The molecule has 1 saturated heterocycles. The molecule has 164 valence electrons. The highest BCUT2D eigenvalue weighted by Gasteiger charge is 2.44. The summed E-state index contributed by atoms with van der Waals surface area (Å²) in [5.74, 6) is -0.530. The van der Waals surface area contributed by atoms with Crippen molar-refractivity contribution in [2.75, 3.05) is 45.9 Å². The predicted molar refractivity (Wildman–Crippen MR) is 108 cm³/mol. The summed E-state index contributed by atoms with van der Waals surface area (Å²) in [4.78, 5) is 53.9. The molecule has 1 aromatic rings. The largest absolute Gasteiger partial charge is 0.378 e. The number of benzene rings is 1. The standard InChI is InChI=1S/C20H23N5O6/c1-2-24-15-11-23(12-16(26)22-6-8-31-9-7-22)19(27)17(15)18(21-20(24)28)13-4-3-5-14(10-13)25(29)30/h3-5,10,18H,2,6-9,11-12H2,1H3,(H,21,28)/t18-/m1/s1. The van der Waals surface area contributed by atoms with Crippen molar-refractivity contribution >= 4 is 23.5 Å². The molecule has 31 heavy (non-hydrogen) atoms. The Hall–Kier alpha value is -3.47. The molecule has 3 heterocycles. The number of morpholine rings is 1. The van der Waals surface area contributed by atoms with Crippen molar-refractivity contribution in [2.45, 2.75) is 13.0 Å². The minimum atomic E-state index is -0.818. The van der Waals surface area contributed by atoms with Crippen LogP contribution in [0.1, 0.15) is 18.5 Å². The zero-order chi connectivity index (χ0) is 22.1. The van der Waals surface area contributed by atoms with Gasteiger partial charge in [0.05, 0.1) is 42.0 Å². The Balaban J connectivity index is 1.62. The van der Waals surface area contributed by atoms with Gasteiger partial charge >= 0.3 is 6.03 Å². The van der Waals surface area contributed by atoms with Crippen LogP contribution in [-0.2, 0) is 14.3 Å². The maximum absolute atomic E-state index is 13.3. The fraction of sp³-hybridized carbons (Fsp3) is 0.450. The lowest BCUT2D eigenvalue weighted by molar-refractivity contribution is -0.384. The number of rotatable bonds is 5. The molecule has 0 bridgehead atoms. The van der Waals surface area contributed by atoms with Crippen LogP contribution < -0.4 is 5.32 Å². The molecule has 1 atom stereocenters. The lowest BCUT2D eigenvalue weighted by Gasteiger charge is -2.32. The number of non-ortho nitro benzene ring substituents is 1. The fourth-order valence-corrected chi connectivity index (χ4v) is 4.15. The van der Waals surface area contributed by atoms with E-state index in [2.05, 4.69) is 5.32 Å². The summed E-state index contributed by atoms with van der Waals surface area (Å²) in [6.07, 6.45) is 0. The highest BCUT2D eigenvalue weighted by Crippen LogP contribution is 2.37. The third-order valence-corrected chi connectivity index (χ3v) is 5.72. The Morgan fingerprint density at radius 3 is 2.71 bits per heavy atom. The molecule has 0 saturated carbocycles. The van der Waals surface area contributed by atoms with Crippen LogP contribution in [0.4, 0.5) is 10.5 Å². The van der Waals surface area contributed by atoms with E-state index < -0.39 is 11.0 Å². The van der Waals surface area contributed by atoms with Gasteiger partial charge in [0.25, 0.3) is 11.6 Å². The summed E-state index contributed by atoms with van der Waals surface area (Å²) >= 11 is 0. The number of nitro groups is 1. The zero-order valence-corrected chi connectivity index (χ0v) is 17.1. The average molecular weight is 429 g/mol. The molecule has 1 fully saturated rings. The first-order valence-electron chi connectivity index (χ1n) is 10.1. The Kier molecular flexibility index (Phi) is 5.59. The summed E-state index contributed by atoms with van der Waals surface area (Å²) in [7, 11) is 0. The number of nitro benzene ring substituents is 1. The van der Waals surface area contributed by atoms with E-state index >= 15 is 0 Å². The second-order valence-electron chi connectivity index (χ2n) is 7.49. The van der Waals surface area contributed by atoms with Crippen LogP contribution >= 0.6 is 0 Å². The number of carbonyl (C=O) groups is 3. The van der Waals surface area contributed by atoms with Gasteiger partial charge in [-0.05, 0) is 12.5 Å². The van der Waals surface area contributed by atoms with Crippen molar-refractivity contribution in [2.24, 2.45) is 0 Å². The van der Waals surface area contributed by atoms with E-state index in [0.29, 0.717) is 49.7 Å². The quantitative estimate of drug-likeness (QED) is 0.541. The number of amides is 4. The van der Waals surface area contributed by atoms with E-state index in [4.69, 9.17) is 4.74 Å². The third-order valence-electron chi connectivity index (χ3n) is 5.72. The molecular weight excluding hydrogens is 406 g/mol. The van der Waals surface area contributed by atoms with Crippen molar-refractivity contribution in [3.63, 3.8) is 0 Å². The Bertz CT molecular complexity index is 971. The van der Waals surface area contributed by atoms with Crippen LogP contribution in [-0.4, -0.2) is 83.4 Å². The highest BCUT2D eigenvalue weighted by molar-refractivity contribution is 6.03. The van der Waals surface area contributed by atoms with E-state index in [9.17, 15) is 24.5 Å². The minimum absolute atomic E-state index is 0.0980. The third kappa shape index (κ3) is 3.83. The SMILES string of the molecule is CCN1C(=O)N[C@H](c2cccc([N+](=O)[O-])c2)C2=C1CN(CC(=O)N1CCOCC1)C2=O. The van der Waals surface area contributed by atoms with Crippen molar-refractivity contribution in [3.05, 3.63) is 51.2 Å². The number of carbonyl (C=O) groups excluding carboxylic acids is 3. The van der Waals surface area contributed by atoms with Crippen molar-refractivity contribution < 1.29 is 24.0 Å². The summed E-state index contributed by atoms with van der Waals surface area (Å²) < 4.78 is 5.27. The molecule has 11 nitrogen and oxygen atoms in total. The topological polar surface area (TPSA) is 125 Å². The predicted octanol–water partition coefficient (Wildman–Crippen LogP) is 0.636. The Morgan fingerprint density at radius 1 is 1.29 bits per heavy atom. The molecule has 3 aliphatic rings. The molecule has 11 heteroatoms. The molecule has 0 spiro atoms. The minimum Gasteiger partial charge on any atom is -0.378 e. The molecule has 0 unspecified atom stereocenters. The van der Waals surface area contributed by atoms with E-state index in [1.54, 1.807) is 17.9 Å². The second kappa shape index (κ2) is 8.34. The number of hydrogen-bond donors (Lipinski definition) is 1. The lowest BCUT2D eigenvalue weighted by Crippen LogP contribution is -2.47. The van der Waals surface area contributed by atoms with Gasteiger partial charge in [0.1, 0.15) is 6.54 Å². The summed E-state index contributed by atoms with van der Waals surface area (Å²) in [5, 5.41) is 14.0. The number of ether oxygens (including phenoxy) is 1. The first-order chi connectivity index (χ1) is 14.9. The maximum Gasteiger partial charge on any atom is 0.322 e. The molecule has 3 aliphatic heterocycles. The summed E-state index contributed by atoms with van der Waals surface area (Å²) in [6, 6.07) is 4.66. The van der Waals surface area contributed by atoms with E-state index in [-0.39, 0.29) is 36.6 Å². The van der Waals surface area contributed by atoms with Crippen LogP contribution in [0.2, 0.25) is 0 Å². The molecule has 0 aliphatic carbocycles. The number of nitrogens with one attached hydrogen (secondary N) is 1. The van der Waals surface area contributed by atoms with Gasteiger partial charge in [-0.1, -0.05) is 12.1 Å². The van der Waals surface area contributed by atoms with Gasteiger partial charge in [0.15, 0.2) is 0 Å². The molecule has 1 N–H and O–H groups in total. The van der Waals surface area contributed by atoms with E-state index in [1.165, 1.54) is 28.0 Å². The first-order valence-corrected chi connectivity index (χ1v) is 10.1. The van der Waals surface area contributed by atoms with Crippen molar-refractivity contribution in [3.8, 4) is 0 Å². The summed E-state index contributed by atoms with van der Waals surface area (Å²) in [6.45, 7) is 4.07. The van der Waals surface area contributed by atoms with Gasteiger partial charge < -0.3 is 19.9 Å². The van der Waals surface area contributed by atoms with Crippen LogP contribution in [0.15, 0.2) is 35.5 Å². The van der Waals surface area contributed by atoms with Crippen molar-refractivity contribution in [1.29, 1.82) is 0 Å². The van der Waals surface area contributed by atoms with E-state index in [1.807, 2.05) is 0 Å². The lowest BCUT2D eigenvalue weighted by atomic mass is 9.95. The number of hydrogen-bond acceptors (Lipinski definition) is 6. The molecule has 0 radical (unpaired) electrons. The van der Waals surface area contributed by atoms with Crippen LogP contribution in [0.25, 0.3) is 0 Å². The summed E-state index contributed by atoms with van der Waals surface area (Å²) in [5.41, 5.74) is 1.19. The van der Waals surface area contributed by atoms with Gasteiger partial charge in [0, 0.05) is 31.8 Å². The van der Waals surface area contributed by atoms with Crippen LogP contribution in [0.5, 0.6) is 0 Å². The highest BCUT2D eigenvalue weighted by atomic mass is 16.6. The Labute approximate surface area is 178 Å². The second-order valence-corrected chi connectivity index (χ2v) is 7.49. The van der Waals surface area contributed by atoms with E-state index in [0.717, 1.165) is 0 Å². The van der Waals surface area contributed by atoms with Gasteiger partial charge in [-0.25, -0.2) is 4.79 Å².